The number of nitrogens with one attached hydrogen (secondary N) is 1. The summed E-state index contributed by atoms with van der Waals surface area (Å²) >= 11 is 0. The second kappa shape index (κ2) is 4.77. The van der Waals surface area contributed by atoms with Gasteiger partial charge in [-0.15, -0.1) is 4.89 Å². The molecule has 0 spiro atoms. The Hall–Kier alpha value is 0.135. The van der Waals surface area contributed by atoms with Crippen LogP contribution in [0.15, 0.2) is 0 Å². The third kappa shape index (κ3) is 3.07. The van der Waals surface area contributed by atoms with Crippen LogP contribution in [-0.4, -0.2) is 33.1 Å². The van der Waals surface area contributed by atoms with Crippen LogP contribution in [-0.2, 0) is 18.7 Å². The molecule has 1 N–H and O–H groups in total. The maximum atomic E-state index is 11.1. The highest BCUT2D eigenvalue weighted by Gasteiger charge is 2.36. The predicted octanol–water partition coefficient (Wildman–Crippen LogP) is 0.823. The average molecular weight is 218 g/mol. The Morgan fingerprint density at radius 2 is 2.36 bits per heavy atom. The van der Waals surface area contributed by atoms with E-state index in [4.69, 9.17) is 12.6 Å². The molecule has 1 aliphatic rings. The molecule has 0 bridgehead atoms. The van der Waals surface area contributed by atoms with Crippen molar-refractivity contribution in [1.29, 1.82) is 0 Å². The van der Waals surface area contributed by atoms with E-state index in [1.165, 1.54) is 0 Å². The van der Waals surface area contributed by atoms with Crippen LogP contribution in [0.1, 0.15) is 19.8 Å². The van der Waals surface area contributed by atoms with Crippen LogP contribution >= 0.6 is 7.75 Å². The normalized spacial score (nSPS) is 36.9. The molecule has 3 radical (unpaired) electrons. The van der Waals surface area contributed by atoms with Crippen molar-refractivity contribution >= 4 is 15.6 Å². The van der Waals surface area contributed by atoms with Crippen molar-refractivity contribution in [3.63, 3.8) is 0 Å². The number of hydrogen-bond acceptors (Lipinski definition) is 3. The topological polar surface area (TPSA) is 67.5 Å². The van der Waals surface area contributed by atoms with Gasteiger partial charge in [0.05, 0.1) is 6.10 Å². The number of rotatable bonds is 4. The van der Waals surface area contributed by atoms with Crippen molar-refractivity contribution in [2.75, 3.05) is 7.11 Å². The predicted molar refractivity (Wildman–Crippen MR) is 51.5 cm³/mol. The Balaban J connectivity index is 2.55. The molecule has 1 rings (SSSR count). The summed E-state index contributed by atoms with van der Waals surface area (Å²) in [6, 6.07) is -0.674. The monoisotopic (exact) mass is 218 g/mol. The standard InChI is InChI=1S/C7H14BNO4P/c1-3-6-5(4-7(8)13-6)9-14(10,11)12-2/h5-7H,3-4H2,1-2H3,(H,9,10)/t5?,6-,7-,14?/m1/s1. The third-order valence-corrected chi connectivity index (χ3v) is 3.38. The molecule has 0 aromatic carbocycles. The lowest BCUT2D eigenvalue weighted by molar-refractivity contribution is 0.0767. The lowest BCUT2D eigenvalue weighted by atomic mass is 9.95. The molecular weight excluding hydrogens is 204 g/mol. The van der Waals surface area contributed by atoms with E-state index >= 15 is 0 Å². The van der Waals surface area contributed by atoms with Crippen LogP contribution in [0.4, 0.5) is 0 Å². The van der Waals surface area contributed by atoms with Gasteiger partial charge in [-0.25, -0.2) is 9.65 Å². The first-order valence-corrected chi connectivity index (χ1v) is 6.08. The van der Waals surface area contributed by atoms with Crippen LogP contribution in [0.3, 0.4) is 0 Å². The van der Waals surface area contributed by atoms with Gasteiger partial charge in [-0.2, -0.15) is 0 Å². The first-order valence-electron chi connectivity index (χ1n) is 4.54. The molecule has 1 aliphatic heterocycles. The average Bonchev–Trinajstić information content (AvgIpc) is 2.45. The van der Waals surface area contributed by atoms with E-state index in [1.807, 2.05) is 6.92 Å². The van der Waals surface area contributed by atoms with Crippen LogP contribution in [0.25, 0.3) is 0 Å². The van der Waals surface area contributed by atoms with Crippen LogP contribution in [0, 0.1) is 0 Å². The zero-order chi connectivity index (χ0) is 10.8. The summed E-state index contributed by atoms with van der Waals surface area (Å²) in [6.07, 6.45) is 1.03. The quantitative estimate of drug-likeness (QED) is 0.560. The summed E-state index contributed by atoms with van der Waals surface area (Å²) in [7, 11) is 2.74. The van der Waals surface area contributed by atoms with Crippen LogP contribution in [0.2, 0.25) is 0 Å². The molecule has 4 atom stereocenters. The van der Waals surface area contributed by atoms with Gasteiger partial charge < -0.3 is 4.74 Å². The van der Waals surface area contributed by atoms with E-state index in [0.29, 0.717) is 6.42 Å². The fraction of sp³-hybridized carbons (Fsp3) is 1.00. The summed E-state index contributed by atoms with van der Waals surface area (Å²) < 4.78 is 20.8. The summed E-state index contributed by atoms with van der Waals surface area (Å²) in [5.41, 5.74) is 0. The highest BCUT2D eigenvalue weighted by molar-refractivity contribution is 7.50. The lowest BCUT2D eigenvalue weighted by Gasteiger charge is -2.19. The molecule has 7 heteroatoms. The van der Waals surface area contributed by atoms with Crippen LogP contribution in [0.5, 0.6) is 0 Å². The number of ether oxygens (including phenoxy) is 1. The largest absolute Gasteiger partial charge is 0.433 e. The van der Waals surface area contributed by atoms with Gasteiger partial charge in [0.2, 0.25) is 0 Å². The molecule has 1 heterocycles. The van der Waals surface area contributed by atoms with Gasteiger partial charge in [-0.1, -0.05) is 6.92 Å². The number of hydrogen-bond donors (Lipinski definition) is 1. The van der Waals surface area contributed by atoms with Gasteiger partial charge in [0, 0.05) is 19.2 Å². The molecule has 1 saturated heterocycles. The Morgan fingerprint density at radius 1 is 1.71 bits per heavy atom. The van der Waals surface area contributed by atoms with Crippen molar-refractivity contribution in [1.82, 2.24) is 5.09 Å². The molecule has 0 saturated carbocycles. The molecule has 79 valence electrons. The summed E-state index contributed by atoms with van der Waals surface area (Å²) in [4.78, 5) is 11.1. The van der Waals surface area contributed by atoms with E-state index in [-0.39, 0.29) is 12.1 Å². The third-order valence-electron chi connectivity index (χ3n) is 2.25. The van der Waals surface area contributed by atoms with E-state index in [1.54, 1.807) is 0 Å². The van der Waals surface area contributed by atoms with E-state index in [2.05, 4.69) is 9.61 Å². The summed E-state index contributed by atoms with van der Waals surface area (Å²) in [5, 5.41) is 2.41. The van der Waals surface area contributed by atoms with Crippen molar-refractivity contribution in [2.45, 2.75) is 37.9 Å². The van der Waals surface area contributed by atoms with E-state index in [9.17, 15) is 9.46 Å². The maximum Gasteiger partial charge on any atom is 0.433 e. The highest BCUT2D eigenvalue weighted by Crippen LogP contribution is 2.40. The van der Waals surface area contributed by atoms with E-state index in [0.717, 1.165) is 13.5 Å². The smallest absolute Gasteiger partial charge is 0.383 e. The summed E-state index contributed by atoms with van der Waals surface area (Å²) in [6.45, 7) is 1.92. The molecule has 5 nitrogen and oxygen atoms in total. The zero-order valence-corrected chi connectivity index (χ0v) is 9.20. The minimum absolute atomic E-state index is 0.164. The van der Waals surface area contributed by atoms with Gasteiger partial charge >= 0.3 is 7.75 Å². The molecular formula is C7H14BNO4P. The van der Waals surface area contributed by atoms with Crippen molar-refractivity contribution < 1.29 is 18.7 Å². The Kier molecular flexibility index (Phi) is 4.16. The summed E-state index contributed by atoms with van der Waals surface area (Å²) in [5.74, 6) is 0. The first kappa shape index (κ1) is 12.2. The Labute approximate surface area is 85.2 Å². The fourth-order valence-electron chi connectivity index (χ4n) is 1.55. The molecule has 1 fully saturated rings. The minimum Gasteiger partial charge on any atom is -0.383 e. The molecule has 0 aromatic heterocycles. The van der Waals surface area contributed by atoms with Crippen molar-refractivity contribution in [2.24, 2.45) is 0 Å². The second-order valence-electron chi connectivity index (χ2n) is 3.27. The van der Waals surface area contributed by atoms with Gasteiger partial charge in [0.1, 0.15) is 7.85 Å². The second-order valence-corrected chi connectivity index (χ2v) is 4.89. The Morgan fingerprint density at radius 3 is 2.86 bits per heavy atom. The van der Waals surface area contributed by atoms with E-state index < -0.39 is 13.7 Å². The highest BCUT2D eigenvalue weighted by atomic mass is 31.2. The molecule has 0 aliphatic carbocycles. The van der Waals surface area contributed by atoms with Gasteiger partial charge in [0.15, 0.2) is 0 Å². The lowest BCUT2D eigenvalue weighted by Crippen LogP contribution is -2.33. The maximum absolute atomic E-state index is 11.1. The van der Waals surface area contributed by atoms with Crippen molar-refractivity contribution in [3.8, 4) is 0 Å². The van der Waals surface area contributed by atoms with Crippen molar-refractivity contribution in [3.05, 3.63) is 0 Å². The molecule has 2 unspecified atom stereocenters. The molecule has 0 aromatic rings. The molecule has 14 heavy (non-hydrogen) atoms. The minimum atomic E-state index is -3.94. The van der Waals surface area contributed by atoms with Gasteiger partial charge in [-0.3, -0.25) is 4.52 Å². The fourth-order valence-corrected chi connectivity index (χ4v) is 2.33. The van der Waals surface area contributed by atoms with Crippen LogP contribution < -0.4 is 5.09 Å². The first-order chi connectivity index (χ1) is 6.48. The van der Waals surface area contributed by atoms with Gasteiger partial charge in [-0.05, 0) is 12.8 Å². The SMILES string of the molecule is [B][C@H]1CC(NP([O])(=O)OC)[C@@H](CC)O1. The Bertz CT molecular complexity index is 240. The van der Waals surface area contributed by atoms with Gasteiger partial charge in [0.25, 0.3) is 0 Å². The molecule has 0 amide bonds. The zero-order valence-electron chi connectivity index (χ0n) is 8.30.